The maximum Gasteiger partial charge on any atom is 0.0198 e. The highest BCUT2D eigenvalue weighted by molar-refractivity contribution is 4.93. The Hall–Kier alpha value is -0.0800. The van der Waals surface area contributed by atoms with Crippen molar-refractivity contribution < 1.29 is 0 Å². The molecule has 122 valence electrons. The van der Waals surface area contributed by atoms with Crippen LogP contribution in [0.4, 0.5) is 0 Å². The van der Waals surface area contributed by atoms with Gasteiger partial charge in [-0.25, -0.2) is 0 Å². The third-order valence-corrected chi connectivity index (χ3v) is 5.96. The van der Waals surface area contributed by atoms with Crippen molar-refractivity contribution in [2.75, 3.05) is 19.6 Å². The normalized spacial score (nSPS) is 32.6. The lowest BCUT2D eigenvalue weighted by molar-refractivity contribution is 0.0883. The Balaban J connectivity index is 1.51. The first kappa shape index (κ1) is 15.8. The van der Waals surface area contributed by atoms with Crippen LogP contribution in [0.3, 0.4) is 0 Å². The summed E-state index contributed by atoms with van der Waals surface area (Å²) in [5, 5.41) is 3.88. The average molecular weight is 293 g/mol. The lowest BCUT2D eigenvalue weighted by Gasteiger charge is -2.42. The van der Waals surface area contributed by atoms with Crippen LogP contribution in [0.1, 0.15) is 65.7 Å². The Morgan fingerprint density at radius 2 is 1.76 bits per heavy atom. The number of piperidine rings is 1. The van der Waals surface area contributed by atoms with Crippen molar-refractivity contribution in [1.82, 2.24) is 10.2 Å². The fourth-order valence-corrected chi connectivity index (χ4v) is 4.17. The van der Waals surface area contributed by atoms with Crippen molar-refractivity contribution in [3.63, 3.8) is 0 Å². The molecule has 3 unspecified atom stereocenters. The van der Waals surface area contributed by atoms with Crippen LogP contribution < -0.4 is 5.32 Å². The summed E-state index contributed by atoms with van der Waals surface area (Å²) in [6.45, 7) is 11.1. The molecule has 0 aromatic carbocycles. The molecule has 2 heteroatoms. The summed E-state index contributed by atoms with van der Waals surface area (Å²) in [6, 6.07) is 1.59. The van der Waals surface area contributed by atoms with E-state index in [2.05, 4.69) is 31.0 Å². The first-order valence-electron chi connectivity index (χ1n) is 9.59. The molecule has 0 spiro atoms. The topological polar surface area (TPSA) is 15.3 Å². The highest BCUT2D eigenvalue weighted by atomic mass is 15.2. The van der Waals surface area contributed by atoms with Crippen molar-refractivity contribution in [3.8, 4) is 0 Å². The summed E-state index contributed by atoms with van der Waals surface area (Å²) in [5.74, 6) is 3.89. The van der Waals surface area contributed by atoms with Gasteiger partial charge in [0.15, 0.2) is 0 Å². The second-order valence-corrected chi connectivity index (χ2v) is 8.65. The van der Waals surface area contributed by atoms with Crippen LogP contribution in [0, 0.1) is 23.7 Å². The van der Waals surface area contributed by atoms with E-state index < -0.39 is 0 Å². The van der Waals surface area contributed by atoms with Crippen molar-refractivity contribution in [1.29, 1.82) is 0 Å². The van der Waals surface area contributed by atoms with Crippen LogP contribution in [-0.2, 0) is 0 Å². The molecule has 3 rings (SSSR count). The quantitative estimate of drug-likeness (QED) is 0.729. The molecular formula is C19H36N2. The Morgan fingerprint density at radius 3 is 2.38 bits per heavy atom. The zero-order valence-electron chi connectivity index (χ0n) is 14.5. The smallest absolute Gasteiger partial charge is 0.0198 e. The van der Waals surface area contributed by atoms with E-state index >= 15 is 0 Å². The molecular weight excluding hydrogens is 256 g/mol. The van der Waals surface area contributed by atoms with E-state index in [1.54, 1.807) is 0 Å². The maximum absolute atomic E-state index is 3.88. The van der Waals surface area contributed by atoms with Gasteiger partial charge in [-0.15, -0.1) is 0 Å². The summed E-state index contributed by atoms with van der Waals surface area (Å²) in [4.78, 5) is 2.83. The maximum atomic E-state index is 3.88. The molecule has 3 fully saturated rings. The van der Waals surface area contributed by atoms with Crippen LogP contribution in [0.15, 0.2) is 0 Å². The lowest BCUT2D eigenvalue weighted by atomic mass is 9.88. The second-order valence-electron chi connectivity index (χ2n) is 8.65. The van der Waals surface area contributed by atoms with Gasteiger partial charge in [-0.1, -0.05) is 26.7 Å². The van der Waals surface area contributed by atoms with Gasteiger partial charge in [0.25, 0.3) is 0 Å². The Morgan fingerprint density at radius 1 is 1.00 bits per heavy atom. The van der Waals surface area contributed by atoms with Crippen molar-refractivity contribution in [2.24, 2.45) is 23.7 Å². The molecule has 0 radical (unpaired) electrons. The minimum absolute atomic E-state index is 0.752. The van der Waals surface area contributed by atoms with E-state index in [0.717, 1.165) is 35.8 Å². The van der Waals surface area contributed by atoms with Gasteiger partial charge in [-0.05, 0) is 69.2 Å². The molecule has 3 aliphatic rings. The fourth-order valence-electron chi connectivity index (χ4n) is 4.17. The van der Waals surface area contributed by atoms with E-state index in [4.69, 9.17) is 0 Å². The number of likely N-dealkylation sites (tertiary alicyclic amines) is 1. The van der Waals surface area contributed by atoms with E-state index in [0.29, 0.717) is 0 Å². The van der Waals surface area contributed by atoms with Crippen molar-refractivity contribution in [2.45, 2.75) is 77.8 Å². The molecule has 1 saturated heterocycles. The first-order valence-corrected chi connectivity index (χ1v) is 9.59. The van der Waals surface area contributed by atoms with Gasteiger partial charge in [0.1, 0.15) is 0 Å². The molecule has 0 aromatic heterocycles. The van der Waals surface area contributed by atoms with Gasteiger partial charge < -0.3 is 5.32 Å². The van der Waals surface area contributed by atoms with E-state index in [-0.39, 0.29) is 0 Å². The standard InChI is InChI=1S/C19H36N2/c1-14(2)8-9-20-19-11-17(10-16-4-5-16)12-21(13-19)15(3)18-6-7-18/h14-20H,4-13H2,1-3H3. The minimum Gasteiger partial charge on any atom is -0.313 e. The number of hydrogen-bond acceptors (Lipinski definition) is 2. The van der Waals surface area contributed by atoms with Crippen LogP contribution in [0.5, 0.6) is 0 Å². The Kier molecular flexibility index (Phi) is 5.27. The summed E-state index contributed by atoms with van der Waals surface area (Å²) >= 11 is 0. The molecule has 1 heterocycles. The van der Waals surface area contributed by atoms with E-state index in [9.17, 15) is 0 Å². The van der Waals surface area contributed by atoms with Gasteiger partial charge in [-0.2, -0.15) is 0 Å². The van der Waals surface area contributed by atoms with Crippen LogP contribution in [0.2, 0.25) is 0 Å². The van der Waals surface area contributed by atoms with E-state index in [1.807, 2.05) is 0 Å². The number of nitrogens with zero attached hydrogens (tertiary/aromatic N) is 1. The van der Waals surface area contributed by atoms with Gasteiger partial charge in [-0.3, -0.25) is 4.90 Å². The second kappa shape index (κ2) is 7.00. The predicted molar refractivity (Wildman–Crippen MR) is 90.5 cm³/mol. The number of nitrogens with one attached hydrogen (secondary N) is 1. The molecule has 1 aliphatic heterocycles. The zero-order chi connectivity index (χ0) is 14.8. The Labute approximate surface area is 132 Å². The third kappa shape index (κ3) is 4.96. The summed E-state index contributed by atoms with van der Waals surface area (Å²) in [7, 11) is 0. The molecule has 0 bridgehead atoms. The third-order valence-electron chi connectivity index (χ3n) is 5.96. The zero-order valence-corrected chi connectivity index (χ0v) is 14.5. The molecule has 0 aromatic rings. The SMILES string of the molecule is CC(C)CCNC1CC(CC2CC2)CN(C(C)C2CC2)C1. The minimum atomic E-state index is 0.752. The van der Waals surface area contributed by atoms with Gasteiger partial charge >= 0.3 is 0 Å². The Bertz CT molecular complexity index is 320. The molecule has 2 aliphatic carbocycles. The molecule has 0 amide bonds. The molecule has 21 heavy (non-hydrogen) atoms. The highest BCUT2D eigenvalue weighted by Gasteiger charge is 2.38. The summed E-state index contributed by atoms with van der Waals surface area (Å²) in [5.41, 5.74) is 0. The van der Waals surface area contributed by atoms with Crippen molar-refractivity contribution >= 4 is 0 Å². The molecule has 3 atom stereocenters. The van der Waals surface area contributed by atoms with Crippen LogP contribution in [-0.4, -0.2) is 36.6 Å². The lowest BCUT2D eigenvalue weighted by Crippen LogP contribution is -2.52. The monoisotopic (exact) mass is 292 g/mol. The number of rotatable bonds is 8. The van der Waals surface area contributed by atoms with E-state index in [1.165, 1.54) is 64.6 Å². The van der Waals surface area contributed by atoms with Gasteiger partial charge in [0.05, 0.1) is 0 Å². The highest BCUT2D eigenvalue weighted by Crippen LogP contribution is 2.40. The first-order chi connectivity index (χ1) is 10.1. The van der Waals surface area contributed by atoms with Crippen molar-refractivity contribution in [3.05, 3.63) is 0 Å². The largest absolute Gasteiger partial charge is 0.313 e. The molecule has 2 saturated carbocycles. The fraction of sp³-hybridized carbons (Fsp3) is 1.00. The molecule has 1 N–H and O–H groups in total. The summed E-state index contributed by atoms with van der Waals surface area (Å²) < 4.78 is 0. The van der Waals surface area contributed by atoms with Gasteiger partial charge in [0.2, 0.25) is 0 Å². The summed E-state index contributed by atoms with van der Waals surface area (Å²) in [6.07, 6.45) is 10.3. The van der Waals surface area contributed by atoms with Crippen LogP contribution in [0.25, 0.3) is 0 Å². The molecule has 2 nitrogen and oxygen atoms in total. The number of hydrogen-bond donors (Lipinski definition) is 1. The van der Waals surface area contributed by atoms with Crippen LogP contribution >= 0.6 is 0 Å². The average Bonchev–Trinajstić information content (AvgIpc) is 3.31. The van der Waals surface area contributed by atoms with Gasteiger partial charge in [0, 0.05) is 25.2 Å². The predicted octanol–water partition coefficient (Wildman–Crippen LogP) is 3.91.